The standard InChI is InChI=1S/C12H22N2O2/c1-9(2)8-16-5-4-14-12(15)10(3)11-6-13-7-11/h9,13H,4-8H2,1-3H3,(H,14,15). The third-order valence-corrected chi connectivity index (χ3v) is 2.53. The Kier molecular flexibility index (Phi) is 5.49. The van der Waals surface area contributed by atoms with Crippen LogP contribution in [0.4, 0.5) is 0 Å². The normalized spacial score (nSPS) is 14.9. The summed E-state index contributed by atoms with van der Waals surface area (Å²) in [7, 11) is 0. The molecular weight excluding hydrogens is 204 g/mol. The number of ether oxygens (including phenoxy) is 1. The van der Waals surface area contributed by atoms with Gasteiger partial charge in [0.25, 0.3) is 0 Å². The van der Waals surface area contributed by atoms with Crippen LogP contribution < -0.4 is 10.6 Å². The molecule has 0 bridgehead atoms. The van der Waals surface area contributed by atoms with Crippen LogP contribution in [-0.4, -0.2) is 38.8 Å². The fraction of sp³-hybridized carbons (Fsp3) is 0.750. The minimum Gasteiger partial charge on any atom is -0.379 e. The van der Waals surface area contributed by atoms with Gasteiger partial charge in [-0.25, -0.2) is 0 Å². The highest BCUT2D eigenvalue weighted by atomic mass is 16.5. The molecule has 0 atom stereocenters. The molecule has 0 radical (unpaired) electrons. The summed E-state index contributed by atoms with van der Waals surface area (Å²) in [6.07, 6.45) is 0. The summed E-state index contributed by atoms with van der Waals surface area (Å²) >= 11 is 0. The lowest BCUT2D eigenvalue weighted by Crippen LogP contribution is -2.38. The van der Waals surface area contributed by atoms with E-state index in [1.807, 2.05) is 6.92 Å². The molecule has 0 unspecified atom stereocenters. The maximum absolute atomic E-state index is 11.6. The van der Waals surface area contributed by atoms with E-state index in [2.05, 4.69) is 24.5 Å². The molecule has 1 aliphatic rings. The van der Waals surface area contributed by atoms with Gasteiger partial charge in [0.2, 0.25) is 5.91 Å². The van der Waals surface area contributed by atoms with Crippen LogP contribution in [0.25, 0.3) is 0 Å². The summed E-state index contributed by atoms with van der Waals surface area (Å²) in [5.41, 5.74) is 2.06. The first-order valence-electron chi connectivity index (χ1n) is 5.86. The second-order valence-electron chi connectivity index (χ2n) is 4.56. The fourth-order valence-electron chi connectivity index (χ4n) is 1.36. The van der Waals surface area contributed by atoms with Gasteiger partial charge in [0.05, 0.1) is 6.61 Å². The molecule has 2 N–H and O–H groups in total. The number of carbonyl (C=O) groups is 1. The monoisotopic (exact) mass is 226 g/mol. The molecule has 4 nitrogen and oxygen atoms in total. The summed E-state index contributed by atoms with van der Waals surface area (Å²) in [6.45, 7) is 9.72. The highest BCUT2D eigenvalue weighted by Gasteiger charge is 2.15. The van der Waals surface area contributed by atoms with Gasteiger partial charge in [-0.3, -0.25) is 4.79 Å². The molecule has 0 spiro atoms. The summed E-state index contributed by atoms with van der Waals surface area (Å²) in [4.78, 5) is 11.6. The second kappa shape index (κ2) is 6.66. The van der Waals surface area contributed by atoms with Crippen molar-refractivity contribution in [3.8, 4) is 0 Å². The van der Waals surface area contributed by atoms with Gasteiger partial charge in [0.1, 0.15) is 0 Å². The summed E-state index contributed by atoms with van der Waals surface area (Å²) in [6, 6.07) is 0. The Hall–Kier alpha value is -0.870. The molecule has 0 aromatic heterocycles. The van der Waals surface area contributed by atoms with Gasteiger partial charge >= 0.3 is 0 Å². The minimum absolute atomic E-state index is 0.0321. The number of nitrogens with one attached hydrogen (secondary N) is 2. The Morgan fingerprint density at radius 3 is 2.69 bits per heavy atom. The predicted molar refractivity (Wildman–Crippen MR) is 64.2 cm³/mol. The Labute approximate surface area is 97.4 Å². The maximum atomic E-state index is 11.6. The van der Waals surface area contributed by atoms with Gasteiger partial charge < -0.3 is 15.4 Å². The van der Waals surface area contributed by atoms with Gasteiger partial charge in [-0.15, -0.1) is 0 Å². The molecule has 1 fully saturated rings. The van der Waals surface area contributed by atoms with Crippen LogP contribution >= 0.6 is 0 Å². The van der Waals surface area contributed by atoms with E-state index < -0.39 is 0 Å². The molecule has 92 valence electrons. The van der Waals surface area contributed by atoms with Crippen molar-refractivity contribution >= 4 is 5.91 Å². The molecule has 0 aliphatic carbocycles. The molecule has 4 heteroatoms. The summed E-state index contributed by atoms with van der Waals surface area (Å²) < 4.78 is 5.38. The topological polar surface area (TPSA) is 50.4 Å². The Morgan fingerprint density at radius 2 is 2.19 bits per heavy atom. The van der Waals surface area contributed by atoms with E-state index in [4.69, 9.17) is 4.74 Å². The van der Waals surface area contributed by atoms with E-state index in [1.165, 1.54) is 5.57 Å². The molecule has 0 aromatic carbocycles. The lowest BCUT2D eigenvalue weighted by molar-refractivity contribution is -0.117. The quantitative estimate of drug-likeness (QED) is 0.517. The average molecular weight is 226 g/mol. The van der Waals surface area contributed by atoms with E-state index in [9.17, 15) is 4.79 Å². The van der Waals surface area contributed by atoms with Crippen molar-refractivity contribution in [3.05, 3.63) is 11.1 Å². The van der Waals surface area contributed by atoms with Crippen molar-refractivity contribution in [3.63, 3.8) is 0 Å². The maximum Gasteiger partial charge on any atom is 0.247 e. The third kappa shape index (κ3) is 4.33. The SMILES string of the molecule is CC(C(=O)NCCOCC(C)C)=C1CNC1. The largest absolute Gasteiger partial charge is 0.379 e. The van der Waals surface area contributed by atoms with Crippen molar-refractivity contribution in [2.24, 2.45) is 5.92 Å². The molecule has 1 amide bonds. The van der Waals surface area contributed by atoms with E-state index in [-0.39, 0.29) is 5.91 Å². The lowest BCUT2D eigenvalue weighted by Gasteiger charge is -2.21. The first-order valence-corrected chi connectivity index (χ1v) is 5.86. The van der Waals surface area contributed by atoms with Gasteiger partial charge in [0.15, 0.2) is 0 Å². The molecule has 1 aliphatic heterocycles. The van der Waals surface area contributed by atoms with Crippen LogP contribution in [0.5, 0.6) is 0 Å². The van der Waals surface area contributed by atoms with Crippen LogP contribution in [0.1, 0.15) is 20.8 Å². The fourth-order valence-corrected chi connectivity index (χ4v) is 1.36. The molecule has 16 heavy (non-hydrogen) atoms. The highest BCUT2D eigenvalue weighted by molar-refractivity contribution is 5.93. The van der Waals surface area contributed by atoms with Crippen molar-refractivity contribution in [2.75, 3.05) is 32.8 Å². The Morgan fingerprint density at radius 1 is 1.50 bits per heavy atom. The van der Waals surface area contributed by atoms with Crippen molar-refractivity contribution in [2.45, 2.75) is 20.8 Å². The molecular formula is C12H22N2O2. The number of amides is 1. The molecule has 1 rings (SSSR count). The highest BCUT2D eigenvalue weighted by Crippen LogP contribution is 2.08. The van der Waals surface area contributed by atoms with Gasteiger partial charge in [-0.05, 0) is 18.4 Å². The summed E-state index contributed by atoms with van der Waals surface area (Å²) in [5, 5.41) is 5.98. The van der Waals surface area contributed by atoms with Crippen LogP contribution in [0.15, 0.2) is 11.1 Å². The first kappa shape index (κ1) is 13.2. The van der Waals surface area contributed by atoms with Crippen LogP contribution in [0.3, 0.4) is 0 Å². The predicted octanol–water partition coefficient (Wildman–Crippen LogP) is 0.695. The Balaban J connectivity index is 2.11. The zero-order chi connectivity index (χ0) is 12.0. The van der Waals surface area contributed by atoms with Crippen LogP contribution in [-0.2, 0) is 9.53 Å². The van der Waals surface area contributed by atoms with Crippen LogP contribution in [0, 0.1) is 5.92 Å². The zero-order valence-corrected chi connectivity index (χ0v) is 10.4. The Bertz CT molecular complexity index is 266. The smallest absolute Gasteiger partial charge is 0.247 e. The van der Waals surface area contributed by atoms with E-state index >= 15 is 0 Å². The minimum atomic E-state index is 0.0321. The average Bonchev–Trinajstić information content (AvgIpc) is 2.13. The number of hydrogen-bond acceptors (Lipinski definition) is 3. The van der Waals surface area contributed by atoms with E-state index in [1.54, 1.807) is 0 Å². The lowest BCUT2D eigenvalue weighted by atomic mass is 10.0. The second-order valence-corrected chi connectivity index (χ2v) is 4.56. The van der Waals surface area contributed by atoms with E-state index in [0.29, 0.717) is 19.1 Å². The molecule has 0 aromatic rings. The number of hydrogen-bond donors (Lipinski definition) is 2. The van der Waals surface area contributed by atoms with Gasteiger partial charge in [-0.1, -0.05) is 13.8 Å². The first-order chi connectivity index (χ1) is 7.61. The van der Waals surface area contributed by atoms with Gasteiger partial charge in [0, 0.05) is 31.8 Å². The molecule has 0 saturated carbocycles. The van der Waals surface area contributed by atoms with Crippen molar-refractivity contribution < 1.29 is 9.53 Å². The third-order valence-electron chi connectivity index (χ3n) is 2.53. The summed E-state index contributed by atoms with van der Waals surface area (Å²) in [5.74, 6) is 0.574. The number of carbonyl (C=O) groups excluding carboxylic acids is 1. The van der Waals surface area contributed by atoms with E-state index in [0.717, 1.165) is 25.3 Å². The van der Waals surface area contributed by atoms with Gasteiger partial charge in [-0.2, -0.15) is 0 Å². The molecule has 1 heterocycles. The zero-order valence-electron chi connectivity index (χ0n) is 10.4. The number of rotatable bonds is 6. The van der Waals surface area contributed by atoms with Crippen molar-refractivity contribution in [1.82, 2.24) is 10.6 Å². The molecule has 1 saturated heterocycles. The van der Waals surface area contributed by atoms with Crippen LogP contribution in [0.2, 0.25) is 0 Å². The van der Waals surface area contributed by atoms with Crippen molar-refractivity contribution in [1.29, 1.82) is 0 Å².